The van der Waals surface area contributed by atoms with Crippen LogP contribution < -0.4 is 0 Å². The first kappa shape index (κ1) is 21.8. The average Bonchev–Trinajstić information content (AvgIpc) is 2.62. The number of hydrogen-bond acceptors (Lipinski definition) is 3. The molecule has 144 valence electrons. The van der Waals surface area contributed by atoms with E-state index in [0.29, 0.717) is 0 Å². The van der Waals surface area contributed by atoms with Crippen LogP contribution in [0.15, 0.2) is 18.2 Å². The maximum atomic E-state index is 9.79. The summed E-state index contributed by atoms with van der Waals surface area (Å²) in [5, 5.41) is 19.3. The number of para-hydroxylation sites is 1. The molecule has 0 heterocycles. The van der Waals surface area contributed by atoms with Gasteiger partial charge in [0.2, 0.25) is 0 Å². The summed E-state index contributed by atoms with van der Waals surface area (Å²) in [4.78, 5) is 2.65. The van der Waals surface area contributed by atoms with Gasteiger partial charge in [0.1, 0.15) is 0 Å². The number of aryl methyl sites for hydroxylation is 1. The molecule has 0 amide bonds. The zero-order valence-electron chi connectivity index (χ0n) is 16.5. The van der Waals surface area contributed by atoms with Gasteiger partial charge in [0.25, 0.3) is 0 Å². The Morgan fingerprint density at radius 1 is 0.720 bits per heavy atom. The zero-order valence-corrected chi connectivity index (χ0v) is 16.5. The molecule has 0 aliphatic carbocycles. The monoisotopic (exact) mass is 349 g/mol. The molecule has 0 fully saturated rings. The number of nitrogens with zero attached hydrogens (tertiary/aromatic N) is 1. The maximum Gasteiger partial charge on any atom is 0.160 e. The van der Waals surface area contributed by atoms with E-state index in [4.69, 9.17) is 0 Å². The fourth-order valence-corrected chi connectivity index (χ4v) is 3.24. The first-order chi connectivity index (χ1) is 12.2. The lowest BCUT2D eigenvalue weighted by Crippen LogP contribution is -2.27. The summed E-state index contributed by atoms with van der Waals surface area (Å²) in [7, 11) is 0. The average molecular weight is 350 g/mol. The zero-order chi connectivity index (χ0) is 18.3. The van der Waals surface area contributed by atoms with Gasteiger partial charge in [0.15, 0.2) is 11.5 Å². The van der Waals surface area contributed by atoms with Crippen molar-refractivity contribution in [2.24, 2.45) is 0 Å². The van der Waals surface area contributed by atoms with Crippen LogP contribution in [0.3, 0.4) is 0 Å². The molecule has 1 rings (SSSR count). The van der Waals surface area contributed by atoms with Gasteiger partial charge in [-0.05, 0) is 63.4 Å². The smallest absolute Gasteiger partial charge is 0.160 e. The Labute approximate surface area is 155 Å². The van der Waals surface area contributed by atoms with E-state index in [1.165, 1.54) is 83.5 Å². The Balaban J connectivity index is 2.06. The van der Waals surface area contributed by atoms with Crippen LogP contribution >= 0.6 is 0 Å². The predicted molar refractivity (Wildman–Crippen MR) is 107 cm³/mol. The predicted octanol–water partition coefficient (Wildman–Crippen LogP) is 5.88. The summed E-state index contributed by atoms with van der Waals surface area (Å²) in [5.74, 6) is 0.0509. The Morgan fingerprint density at radius 2 is 1.28 bits per heavy atom. The van der Waals surface area contributed by atoms with E-state index in [-0.39, 0.29) is 11.5 Å². The van der Waals surface area contributed by atoms with Crippen LogP contribution in [-0.2, 0) is 6.42 Å². The van der Waals surface area contributed by atoms with Crippen molar-refractivity contribution >= 4 is 0 Å². The molecule has 0 aliphatic rings. The van der Waals surface area contributed by atoms with Gasteiger partial charge in [0, 0.05) is 0 Å². The van der Waals surface area contributed by atoms with E-state index >= 15 is 0 Å². The number of aromatic hydroxyl groups is 2. The molecule has 0 saturated carbocycles. The highest BCUT2D eigenvalue weighted by Gasteiger charge is 2.05. The highest BCUT2D eigenvalue weighted by atomic mass is 16.3. The number of benzene rings is 1. The largest absolute Gasteiger partial charge is 0.504 e. The molecular formula is C22H39NO2. The Bertz CT molecular complexity index is 440. The van der Waals surface area contributed by atoms with Crippen LogP contribution in [0.5, 0.6) is 11.5 Å². The summed E-state index contributed by atoms with van der Waals surface area (Å²) < 4.78 is 0. The van der Waals surface area contributed by atoms with E-state index in [2.05, 4.69) is 18.7 Å². The molecule has 0 atom stereocenters. The number of phenols is 2. The third-order valence-corrected chi connectivity index (χ3v) is 4.92. The van der Waals surface area contributed by atoms with Crippen molar-refractivity contribution in [3.05, 3.63) is 23.8 Å². The van der Waals surface area contributed by atoms with Gasteiger partial charge in [0.05, 0.1) is 0 Å². The minimum absolute atomic E-state index is 0.00630. The van der Waals surface area contributed by atoms with E-state index in [0.717, 1.165) is 18.4 Å². The fraction of sp³-hybridized carbons (Fsp3) is 0.727. The molecular weight excluding hydrogens is 310 g/mol. The van der Waals surface area contributed by atoms with E-state index in [9.17, 15) is 10.2 Å². The van der Waals surface area contributed by atoms with Crippen LogP contribution in [-0.4, -0.2) is 34.7 Å². The van der Waals surface area contributed by atoms with Crippen molar-refractivity contribution in [2.45, 2.75) is 84.5 Å². The highest BCUT2D eigenvalue weighted by Crippen LogP contribution is 2.29. The van der Waals surface area contributed by atoms with Crippen molar-refractivity contribution in [3.63, 3.8) is 0 Å². The molecule has 25 heavy (non-hydrogen) atoms. The van der Waals surface area contributed by atoms with Gasteiger partial charge < -0.3 is 15.1 Å². The van der Waals surface area contributed by atoms with Crippen LogP contribution in [0.2, 0.25) is 0 Å². The molecule has 1 aromatic carbocycles. The fourth-order valence-electron chi connectivity index (χ4n) is 3.24. The van der Waals surface area contributed by atoms with Gasteiger partial charge in [-0.25, -0.2) is 0 Å². The van der Waals surface area contributed by atoms with Gasteiger partial charge >= 0.3 is 0 Å². The summed E-state index contributed by atoms with van der Waals surface area (Å²) >= 11 is 0. The number of rotatable bonds is 15. The molecule has 0 aromatic heterocycles. The van der Waals surface area contributed by atoms with Crippen molar-refractivity contribution in [1.82, 2.24) is 4.90 Å². The SMILES string of the molecule is CCCCN(CCCC)CCCCCCCCc1cccc(O)c1O. The summed E-state index contributed by atoms with van der Waals surface area (Å²) in [5.41, 5.74) is 0.863. The Hall–Kier alpha value is -1.22. The number of hydrogen-bond donors (Lipinski definition) is 2. The minimum atomic E-state index is -0.00630. The standard InChI is InChI=1S/C22H39NO2/c1-3-5-17-23(18-6-4-2)19-12-10-8-7-9-11-14-20-15-13-16-21(24)22(20)25/h13,15-16,24-25H,3-12,14,17-19H2,1-2H3. The van der Waals surface area contributed by atoms with Crippen molar-refractivity contribution in [1.29, 1.82) is 0 Å². The quantitative estimate of drug-likeness (QED) is 0.307. The third kappa shape index (κ3) is 9.74. The first-order valence-corrected chi connectivity index (χ1v) is 10.4. The minimum Gasteiger partial charge on any atom is -0.504 e. The molecule has 3 nitrogen and oxygen atoms in total. The molecule has 1 aromatic rings. The number of phenolic OH excluding ortho intramolecular Hbond substituents is 2. The highest BCUT2D eigenvalue weighted by molar-refractivity contribution is 5.44. The van der Waals surface area contributed by atoms with Gasteiger partial charge in [-0.2, -0.15) is 0 Å². The van der Waals surface area contributed by atoms with Crippen LogP contribution in [0.1, 0.15) is 83.6 Å². The van der Waals surface area contributed by atoms with Gasteiger partial charge in [-0.3, -0.25) is 0 Å². The van der Waals surface area contributed by atoms with Crippen molar-refractivity contribution in [3.8, 4) is 11.5 Å². The van der Waals surface area contributed by atoms with Crippen LogP contribution in [0.25, 0.3) is 0 Å². The number of unbranched alkanes of at least 4 members (excludes halogenated alkanes) is 7. The second-order valence-electron chi connectivity index (χ2n) is 7.20. The molecule has 0 bridgehead atoms. The lowest BCUT2D eigenvalue weighted by molar-refractivity contribution is 0.259. The van der Waals surface area contributed by atoms with E-state index < -0.39 is 0 Å². The second-order valence-corrected chi connectivity index (χ2v) is 7.20. The lowest BCUT2D eigenvalue weighted by atomic mass is 10.0. The molecule has 0 aliphatic heterocycles. The Morgan fingerprint density at radius 3 is 1.92 bits per heavy atom. The van der Waals surface area contributed by atoms with E-state index in [1.54, 1.807) is 6.07 Å². The third-order valence-electron chi connectivity index (χ3n) is 4.92. The molecule has 0 spiro atoms. The van der Waals surface area contributed by atoms with Gasteiger partial charge in [-0.15, -0.1) is 0 Å². The second kappa shape index (κ2) is 14.0. The van der Waals surface area contributed by atoms with Crippen molar-refractivity contribution in [2.75, 3.05) is 19.6 Å². The molecule has 2 N–H and O–H groups in total. The molecule has 0 radical (unpaired) electrons. The molecule has 0 saturated heterocycles. The lowest BCUT2D eigenvalue weighted by Gasteiger charge is -2.21. The van der Waals surface area contributed by atoms with Gasteiger partial charge in [-0.1, -0.05) is 64.5 Å². The summed E-state index contributed by atoms with van der Waals surface area (Å²) in [6.45, 7) is 8.34. The maximum absolute atomic E-state index is 9.79. The topological polar surface area (TPSA) is 43.7 Å². The summed E-state index contributed by atoms with van der Waals surface area (Å²) in [6.07, 6.45) is 13.6. The van der Waals surface area contributed by atoms with Crippen LogP contribution in [0.4, 0.5) is 0 Å². The molecule has 3 heteroatoms. The van der Waals surface area contributed by atoms with E-state index in [1.807, 2.05) is 6.07 Å². The normalized spacial score (nSPS) is 11.3. The first-order valence-electron chi connectivity index (χ1n) is 10.4. The van der Waals surface area contributed by atoms with Crippen LogP contribution in [0, 0.1) is 0 Å². The molecule has 0 unspecified atom stereocenters. The Kier molecular flexibility index (Phi) is 12.2. The summed E-state index contributed by atoms with van der Waals surface area (Å²) in [6, 6.07) is 5.23. The van der Waals surface area contributed by atoms with Crippen molar-refractivity contribution < 1.29 is 10.2 Å².